The van der Waals surface area contributed by atoms with Gasteiger partial charge in [-0.15, -0.1) is 34.0 Å². The van der Waals surface area contributed by atoms with E-state index in [-0.39, 0.29) is 0 Å². The summed E-state index contributed by atoms with van der Waals surface area (Å²) in [7, 11) is 0. The molecule has 630 valence electrons. The van der Waals surface area contributed by atoms with Crippen LogP contribution in [-0.2, 0) is 0 Å². The van der Waals surface area contributed by atoms with Gasteiger partial charge in [-0.25, -0.2) is 15.0 Å². The molecular formula is C117H66N12O3S3. The Balaban J connectivity index is 0.000000101. The van der Waals surface area contributed by atoms with Crippen molar-refractivity contribution in [2.75, 3.05) is 0 Å². The fourth-order valence-electron chi connectivity index (χ4n) is 20.0. The molecule has 0 atom stereocenters. The lowest BCUT2D eigenvalue weighted by molar-refractivity contribution is 0.665. The Morgan fingerprint density at radius 1 is 0.163 bits per heavy atom. The molecule has 12 heterocycles. The summed E-state index contributed by atoms with van der Waals surface area (Å²) >= 11 is 5.60. The highest BCUT2D eigenvalue weighted by Crippen LogP contribution is 2.52. The van der Waals surface area contributed by atoms with Crippen LogP contribution in [-0.4, -0.2) is 58.6 Å². The molecule has 18 aromatic carbocycles. The van der Waals surface area contributed by atoms with E-state index >= 15 is 0 Å². The molecule has 0 aliphatic carbocycles. The third-order valence-electron chi connectivity index (χ3n) is 26.0. The number of hydrogen-bond donors (Lipinski definition) is 0. The van der Waals surface area contributed by atoms with Gasteiger partial charge in [0.05, 0.1) is 49.3 Å². The number of aromatic nitrogens is 12. The zero-order valence-electron chi connectivity index (χ0n) is 71.4. The number of rotatable bonds is 9. The van der Waals surface area contributed by atoms with Crippen molar-refractivity contribution in [2.45, 2.75) is 0 Å². The quantitative estimate of drug-likeness (QED) is 0.134. The molecule has 0 spiro atoms. The predicted octanol–water partition coefficient (Wildman–Crippen LogP) is 31.7. The molecule has 135 heavy (non-hydrogen) atoms. The number of thiophene rings is 3. The van der Waals surface area contributed by atoms with Crippen LogP contribution in [0.2, 0.25) is 0 Å². The minimum Gasteiger partial charge on any atom is -0.455 e. The van der Waals surface area contributed by atoms with E-state index in [0.717, 1.165) is 148 Å². The summed E-state index contributed by atoms with van der Waals surface area (Å²) in [6, 6.07) is 138. The summed E-state index contributed by atoms with van der Waals surface area (Å²) < 4.78 is 34.2. The second kappa shape index (κ2) is 30.5. The Morgan fingerprint density at radius 3 is 0.881 bits per heavy atom. The lowest BCUT2D eigenvalue weighted by Crippen LogP contribution is -2.06. The molecule has 18 heteroatoms. The molecule has 0 saturated carbocycles. The van der Waals surface area contributed by atoms with E-state index in [1.54, 1.807) is 0 Å². The summed E-state index contributed by atoms with van der Waals surface area (Å²) in [5, 5.41) is 20.9. The monoisotopic (exact) mass is 1780 g/mol. The molecular weight excluding hydrogens is 1720 g/mol. The molecule has 0 amide bonds. The highest BCUT2D eigenvalue weighted by Gasteiger charge is 2.29. The molecule has 0 saturated heterocycles. The maximum Gasteiger partial charge on any atom is 0.238 e. The van der Waals surface area contributed by atoms with Crippen molar-refractivity contribution in [3.63, 3.8) is 0 Å². The van der Waals surface area contributed by atoms with Gasteiger partial charge in [-0.1, -0.05) is 303 Å². The number of fused-ring (bicyclic) bond motifs is 33. The summed E-state index contributed by atoms with van der Waals surface area (Å²) in [6.07, 6.45) is 0. The van der Waals surface area contributed by atoms with Gasteiger partial charge in [0.15, 0.2) is 34.9 Å². The van der Waals surface area contributed by atoms with Crippen LogP contribution in [0.25, 0.3) is 278 Å². The van der Waals surface area contributed by atoms with Crippen LogP contribution < -0.4 is 0 Å². The highest BCUT2D eigenvalue weighted by molar-refractivity contribution is 7.30. The van der Waals surface area contributed by atoms with Crippen LogP contribution >= 0.6 is 34.0 Å². The van der Waals surface area contributed by atoms with E-state index < -0.39 is 0 Å². The first-order chi connectivity index (χ1) is 66.9. The largest absolute Gasteiger partial charge is 0.455 e. The lowest BCUT2D eigenvalue weighted by atomic mass is 10.1. The summed E-state index contributed by atoms with van der Waals surface area (Å²) in [4.78, 5) is 45.2. The SMILES string of the molecule is c1ccc(-c2nc(-c3ccccc3)nc(-n3c4ccccc4c4c5oc6ccc7c8ccccc8oc7c6c5ccc43)n2)cc1.c1ccc(-c2nc(-c3ccccc3)nc(-n3c4ccccc4c4c5oc6ccc7c8ccccc8sc7c6c5ccc43)n2)cc1.c1ccc(-c2nc(-c3ccccc3)nc(-n3c4ccccc4c4c5sc6ccc7c8ccccc8sc7c6c5ccc43)n2)cc1. The van der Waals surface area contributed by atoms with Crippen molar-refractivity contribution in [2.24, 2.45) is 0 Å². The van der Waals surface area contributed by atoms with E-state index in [4.69, 9.17) is 58.1 Å². The van der Waals surface area contributed by atoms with Crippen LogP contribution in [0, 0.1) is 0 Å². The zero-order chi connectivity index (χ0) is 88.5. The number of para-hydroxylation sites is 4. The molecule has 12 aromatic heterocycles. The van der Waals surface area contributed by atoms with Gasteiger partial charge in [0.2, 0.25) is 17.8 Å². The normalized spacial score (nSPS) is 12.0. The summed E-state index contributed by atoms with van der Waals surface area (Å²) in [5.74, 6) is 5.51. The molecule has 0 unspecified atom stereocenters. The van der Waals surface area contributed by atoms with Gasteiger partial charge < -0.3 is 13.3 Å². The Kier molecular flexibility index (Phi) is 17.3. The van der Waals surface area contributed by atoms with Crippen LogP contribution in [0.1, 0.15) is 0 Å². The second-order valence-electron chi connectivity index (χ2n) is 33.7. The molecule has 30 rings (SSSR count). The number of benzene rings is 18. The van der Waals surface area contributed by atoms with Crippen LogP contribution in [0.3, 0.4) is 0 Å². The standard InChI is InChI=1S/C39H22N4O2.C39H22N4OS.C39H22N4S2/c1-3-11-23(12-4-1)37-40-38(24-13-5-2-6-14-24)42-39(41-37)43-29-17-9-7-16-27(29)33-30(43)21-19-28-34-32(45-36(28)33)22-20-26-25-15-8-10-18-31(25)44-35(26)34;1-3-11-23(12-4-1)37-40-38(24-13-5-2-6-14-24)42-39(41-37)43-29-17-9-7-16-27(29)33-30(43)21-19-28-34-31(44-35(28)33)22-20-26-25-15-8-10-18-32(25)45-36(26)34;1-3-11-23(12-4-1)37-40-38(24-13-5-2-6-14-24)42-39(41-37)43-29-17-9-7-16-27(29)33-30(43)21-19-28-34-32(45-36(28)33)22-20-26-25-15-8-10-18-31(25)44-35(26)34/h3*1-22H. The van der Waals surface area contributed by atoms with Gasteiger partial charge in [-0.3, -0.25) is 13.7 Å². The number of hydrogen-bond acceptors (Lipinski definition) is 15. The van der Waals surface area contributed by atoms with Crippen LogP contribution in [0.5, 0.6) is 0 Å². The maximum atomic E-state index is 6.75. The first-order valence-electron chi connectivity index (χ1n) is 44.6. The van der Waals surface area contributed by atoms with E-state index in [0.29, 0.717) is 52.8 Å². The lowest BCUT2D eigenvalue weighted by Gasteiger charge is -2.10. The van der Waals surface area contributed by atoms with Gasteiger partial charge in [-0.05, 0) is 97.1 Å². The minimum absolute atomic E-state index is 0.545. The Bertz CT molecular complexity index is 9020. The van der Waals surface area contributed by atoms with Crippen LogP contribution in [0.4, 0.5) is 0 Å². The molecule has 30 aromatic rings. The third-order valence-corrected chi connectivity index (χ3v) is 29.6. The predicted molar refractivity (Wildman–Crippen MR) is 556 cm³/mol. The highest BCUT2D eigenvalue weighted by atomic mass is 32.1. The maximum absolute atomic E-state index is 6.75. The zero-order valence-corrected chi connectivity index (χ0v) is 73.9. The van der Waals surface area contributed by atoms with Crippen molar-refractivity contribution < 1.29 is 13.3 Å². The van der Waals surface area contributed by atoms with E-state index in [1.807, 2.05) is 216 Å². The van der Waals surface area contributed by atoms with Crippen LogP contribution in [0.15, 0.2) is 414 Å². The Labute approximate surface area is 778 Å². The molecule has 0 aliphatic rings. The molecule has 0 N–H and O–H groups in total. The summed E-state index contributed by atoms with van der Waals surface area (Å²) in [6.45, 7) is 0. The van der Waals surface area contributed by atoms with Gasteiger partial charge in [0, 0.05) is 142 Å². The van der Waals surface area contributed by atoms with Crippen molar-refractivity contribution in [1.82, 2.24) is 58.6 Å². The average Bonchev–Trinajstić information content (AvgIpc) is 1.55. The smallest absolute Gasteiger partial charge is 0.238 e. The second-order valence-corrected chi connectivity index (χ2v) is 36.8. The molecule has 0 fully saturated rings. The number of furan rings is 3. The van der Waals surface area contributed by atoms with E-state index in [2.05, 4.69) is 232 Å². The van der Waals surface area contributed by atoms with E-state index in [9.17, 15) is 0 Å². The number of nitrogens with zero attached hydrogens (tertiary/aromatic N) is 12. The van der Waals surface area contributed by atoms with Crippen molar-refractivity contribution in [3.8, 4) is 86.2 Å². The fourth-order valence-corrected chi connectivity index (χ4v) is 23.8. The van der Waals surface area contributed by atoms with Gasteiger partial charge in [-0.2, -0.15) is 29.9 Å². The molecule has 0 radical (unpaired) electrons. The average molecular weight is 1780 g/mol. The Hall–Kier alpha value is -17.6. The molecule has 0 aliphatic heterocycles. The van der Waals surface area contributed by atoms with Crippen molar-refractivity contribution >= 4 is 226 Å². The summed E-state index contributed by atoms with van der Waals surface area (Å²) in [5.41, 5.74) is 16.8. The Morgan fingerprint density at radius 2 is 0.452 bits per heavy atom. The van der Waals surface area contributed by atoms with Gasteiger partial charge in [0.25, 0.3) is 0 Å². The van der Waals surface area contributed by atoms with Crippen molar-refractivity contribution in [3.05, 3.63) is 400 Å². The molecule has 15 nitrogen and oxygen atoms in total. The fraction of sp³-hybridized carbons (Fsp3) is 0. The van der Waals surface area contributed by atoms with Gasteiger partial charge >= 0.3 is 0 Å². The third kappa shape index (κ3) is 12.1. The first kappa shape index (κ1) is 76.3. The molecule has 0 bridgehead atoms. The van der Waals surface area contributed by atoms with Gasteiger partial charge in [0.1, 0.15) is 33.5 Å². The van der Waals surface area contributed by atoms with Crippen molar-refractivity contribution in [1.29, 1.82) is 0 Å². The minimum atomic E-state index is 0.545. The van der Waals surface area contributed by atoms with E-state index in [1.165, 1.54) is 76.7 Å². The topological polar surface area (TPSA) is 170 Å². The first-order valence-corrected chi connectivity index (χ1v) is 47.1.